The first-order valence-corrected chi connectivity index (χ1v) is 16.2. The van der Waals surface area contributed by atoms with Crippen LogP contribution in [0.3, 0.4) is 0 Å². The SMILES string of the molecule is CCC(=O)OP(C)(C)(C)C.CCOP(C)(C)(C)Cc1ccccc1. The van der Waals surface area contributed by atoms with Gasteiger partial charge in [0.1, 0.15) is 0 Å². The van der Waals surface area contributed by atoms with Crippen molar-refractivity contribution in [2.75, 3.05) is 53.3 Å². The number of carbonyl (C=O) groups excluding carboxylic acids is 1. The molecule has 0 aromatic heterocycles. The summed E-state index contributed by atoms with van der Waals surface area (Å²) in [6.45, 7) is 15.6. The summed E-state index contributed by atoms with van der Waals surface area (Å²) in [7, 11) is 0. The summed E-state index contributed by atoms with van der Waals surface area (Å²) in [6.07, 6.45) is 1.54. The van der Waals surface area contributed by atoms with Crippen LogP contribution in [0.5, 0.6) is 0 Å². The molecule has 0 amide bonds. The average molecular weight is 376 g/mol. The first-order chi connectivity index (χ1) is 10.6. The molecular formula is C19H38O3P2. The second-order valence-corrected chi connectivity index (χ2v) is 22.8. The van der Waals surface area contributed by atoms with Gasteiger partial charge in [-0.25, -0.2) is 0 Å². The monoisotopic (exact) mass is 376 g/mol. The van der Waals surface area contributed by atoms with E-state index in [1.807, 2.05) is 33.6 Å². The van der Waals surface area contributed by atoms with Gasteiger partial charge >= 0.3 is 149 Å². The quantitative estimate of drug-likeness (QED) is 0.614. The van der Waals surface area contributed by atoms with Crippen LogP contribution in [0.1, 0.15) is 25.8 Å². The van der Waals surface area contributed by atoms with Gasteiger partial charge in [0.15, 0.2) is 0 Å². The molecule has 0 heterocycles. The molecule has 0 N–H and O–H groups in total. The zero-order valence-electron chi connectivity index (χ0n) is 17.1. The topological polar surface area (TPSA) is 35.5 Å². The van der Waals surface area contributed by atoms with Crippen LogP contribution in [0.25, 0.3) is 0 Å². The van der Waals surface area contributed by atoms with E-state index >= 15 is 0 Å². The average Bonchev–Trinajstić information content (AvgIpc) is 2.36. The Balaban J connectivity index is 0.000000470. The molecule has 5 heteroatoms. The Kier molecular flexibility index (Phi) is 8.09. The van der Waals surface area contributed by atoms with Crippen molar-refractivity contribution in [1.82, 2.24) is 0 Å². The number of carbonyl (C=O) groups is 1. The van der Waals surface area contributed by atoms with Gasteiger partial charge in [-0.05, 0) is 0 Å². The standard InChI is InChI=1S/C12H21OP.C7H17O2P/c1-5-13-14(2,3,4)11-12-9-7-6-8-10-12;1-6-7(8)9-10(2,3,4)5/h6-10H,5,11H2,1-4H3;6H2,1-5H3. The molecule has 0 atom stereocenters. The molecule has 24 heavy (non-hydrogen) atoms. The van der Waals surface area contributed by atoms with E-state index < -0.39 is 13.7 Å². The molecule has 1 aromatic carbocycles. The van der Waals surface area contributed by atoms with E-state index in [4.69, 9.17) is 9.05 Å². The molecule has 0 spiro atoms. The summed E-state index contributed by atoms with van der Waals surface area (Å²) >= 11 is 0. The fourth-order valence-electron chi connectivity index (χ4n) is 2.20. The molecule has 3 nitrogen and oxygen atoms in total. The molecule has 0 saturated carbocycles. The normalized spacial score (nSPS) is 15.0. The van der Waals surface area contributed by atoms with E-state index in [2.05, 4.69) is 57.3 Å². The zero-order valence-corrected chi connectivity index (χ0v) is 18.9. The summed E-state index contributed by atoms with van der Waals surface area (Å²) in [5.74, 6) is -0.0901. The number of hydrogen-bond acceptors (Lipinski definition) is 3. The van der Waals surface area contributed by atoms with Crippen LogP contribution in [-0.2, 0) is 20.0 Å². The van der Waals surface area contributed by atoms with Gasteiger partial charge in [-0.3, -0.25) is 0 Å². The molecule has 1 aromatic rings. The van der Waals surface area contributed by atoms with Gasteiger partial charge in [0.25, 0.3) is 0 Å². The summed E-state index contributed by atoms with van der Waals surface area (Å²) in [4.78, 5) is 10.8. The molecule has 0 bridgehead atoms. The van der Waals surface area contributed by atoms with Gasteiger partial charge in [0.05, 0.1) is 0 Å². The van der Waals surface area contributed by atoms with E-state index in [-0.39, 0.29) is 5.97 Å². The van der Waals surface area contributed by atoms with E-state index in [1.165, 1.54) is 5.56 Å². The minimum atomic E-state index is -2.04. The van der Waals surface area contributed by atoms with E-state index in [1.54, 1.807) is 0 Å². The molecule has 0 aliphatic heterocycles. The molecule has 1 rings (SSSR count). The van der Waals surface area contributed by atoms with Gasteiger partial charge in [0.2, 0.25) is 0 Å². The van der Waals surface area contributed by atoms with Gasteiger partial charge in [-0.1, -0.05) is 0 Å². The molecule has 142 valence electrons. The Bertz CT molecular complexity index is 513. The van der Waals surface area contributed by atoms with E-state index in [0.29, 0.717) is 6.42 Å². The third-order valence-electron chi connectivity index (χ3n) is 2.93. The van der Waals surface area contributed by atoms with Crippen LogP contribution in [0.2, 0.25) is 0 Å². The summed E-state index contributed by atoms with van der Waals surface area (Å²) in [5, 5.41) is 0. The fourth-order valence-corrected chi connectivity index (χ4v) is 5.65. The molecule has 0 aliphatic rings. The Morgan fingerprint density at radius 1 is 0.917 bits per heavy atom. The third kappa shape index (κ3) is 12.9. The van der Waals surface area contributed by atoms with Crippen molar-refractivity contribution >= 4 is 19.6 Å². The number of rotatable bonds is 6. The second-order valence-electron chi connectivity index (χ2n) is 9.26. The predicted molar refractivity (Wildman–Crippen MR) is 113 cm³/mol. The predicted octanol–water partition coefficient (Wildman–Crippen LogP) is 5.51. The molecule has 0 fully saturated rings. The van der Waals surface area contributed by atoms with E-state index in [9.17, 15) is 4.79 Å². The number of benzene rings is 1. The van der Waals surface area contributed by atoms with Crippen LogP contribution >= 0.6 is 13.7 Å². The first kappa shape index (κ1) is 23.5. The Labute approximate surface area is 149 Å². The molecule has 0 aliphatic carbocycles. The zero-order chi connectivity index (χ0) is 19.1. The van der Waals surface area contributed by atoms with Crippen molar-refractivity contribution in [3.63, 3.8) is 0 Å². The van der Waals surface area contributed by atoms with Gasteiger partial charge < -0.3 is 0 Å². The van der Waals surface area contributed by atoms with Gasteiger partial charge in [-0.15, -0.1) is 0 Å². The van der Waals surface area contributed by atoms with Crippen molar-refractivity contribution in [1.29, 1.82) is 0 Å². The Hall–Kier alpha value is -0.490. The van der Waals surface area contributed by atoms with Crippen molar-refractivity contribution in [2.24, 2.45) is 0 Å². The van der Waals surface area contributed by atoms with Crippen molar-refractivity contribution in [2.45, 2.75) is 26.4 Å². The maximum absolute atomic E-state index is 10.8. The minimum absolute atomic E-state index is 0.0901. The fraction of sp³-hybridized carbons (Fsp3) is 0.632. The van der Waals surface area contributed by atoms with Crippen LogP contribution in [-0.4, -0.2) is 59.2 Å². The number of hydrogen-bond donors (Lipinski definition) is 0. The van der Waals surface area contributed by atoms with Crippen LogP contribution in [0.15, 0.2) is 30.3 Å². The summed E-state index contributed by atoms with van der Waals surface area (Å²) < 4.78 is 11.2. The van der Waals surface area contributed by atoms with Crippen molar-refractivity contribution in [3.05, 3.63) is 35.9 Å². The van der Waals surface area contributed by atoms with Crippen LogP contribution < -0.4 is 0 Å². The summed E-state index contributed by atoms with van der Waals surface area (Å²) in [6, 6.07) is 10.6. The van der Waals surface area contributed by atoms with Gasteiger partial charge in [-0.2, -0.15) is 0 Å². The van der Waals surface area contributed by atoms with E-state index in [0.717, 1.165) is 12.8 Å². The maximum atomic E-state index is 10.8. The Morgan fingerprint density at radius 3 is 1.75 bits per heavy atom. The van der Waals surface area contributed by atoms with Crippen LogP contribution in [0.4, 0.5) is 0 Å². The molecular weight excluding hydrogens is 338 g/mol. The molecule has 0 unspecified atom stereocenters. The van der Waals surface area contributed by atoms with Crippen molar-refractivity contribution in [3.8, 4) is 0 Å². The Morgan fingerprint density at radius 2 is 1.42 bits per heavy atom. The third-order valence-corrected chi connectivity index (χ3v) is 6.52. The molecule has 0 radical (unpaired) electrons. The first-order valence-electron chi connectivity index (χ1n) is 8.54. The van der Waals surface area contributed by atoms with Crippen molar-refractivity contribution < 1.29 is 13.8 Å². The molecule has 0 saturated heterocycles. The van der Waals surface area contributed by atoms with Gasteiger partial charge in [0, 0.05) is 0 Å². The second kappa shape index (κ2) is 8.26. The van der Waals surface area contributed by atoms with Crippen LogP contribution in [0, 0.1) is 0 Å². The summed E-state index contributed by atoms with van der Waals surface area (Å²) in [5.41, 5.74) is 1.38.